The second-order valence-electron chi connectivity index (χ2n) is 4.13. The van der Waals surface area contributed by atoms with Crippen molar-refractivity contribution >= 4 is 11.8 Å². The summed E-state index contributed by atoms with van der Waals surface area (Å²) in [6.45, 7) is 6.00. The number of carbonyl (C=O) groups excluding carboxylic acids is 1. The van der Waals surface area contributed by atoms with Gasteiger partial charge in [0, 0.05) is 6.07 Å². The maximum absolute atomic E-state index is 11.7. The first-order valence-electron chi connectivity index (χ1n) is 5.94. The fourth-order valence-electron chi connectivity index (χ4n) is 1.79. The molecule has 0 spiro atoms. The molecule has 7 nitrogen and oxygen atoms in total. The highest BCUT2D eigenvalue weighted by Gasteiger charge is 2.20. The summed E-state index contributed by atoms with van der Waals surface area (Å²) in [7, 11) is 0. The van der Waals surface area contributed by atoms with Gasteiger partial charge in [-0.3, -0.25) is 0 Å². The summed E-state index contributed by atoms with van der Waals surface area (Å²) < 4.78 is 11.6. The first-order valence-corrected chi connectivity index (χ1v) is 5.94. The molecule has 2 aromatic rings. The molecule has 2 rings (SSSR count). The molecule has 0 atom stereocenters. The number of aryl methyl sites for hydroxylation is 2. The molecule has 7 heteroatoms. The van der Waals surface area contributed by atoms with E-state index < -0.39 is 5.97 Å². The average molecular weight is 264 g/mol. The molecule has 2 heterocycles. The second kappa shape index (κ2) is 5.13. The monoisotopic (exact) mass is 264 g/mol. The Morgan fingerprint density at radius 2 is 2.26 bits per heavy atom. The Kier molecular flexibility index (Phi) is 3.55. The molecule has 0 amide bonds. The Morgan fingerprint density at radius 3 is 2.84 bits per heavy atom. The largest absolute Gasteiger partial charge is 0.461 e. The van der Waals surface area contributed by atoms with E-state index in [-0.39, 0.29) is 18.1 Å². The molecule has 0 aliphatic heterocycles. The van der Waals surface area contributed by atoms with Crippen molar-refractivity contribution in [2.24, 2.45) is 0 Å². The molecule has 0 unspecified atom stereocenters. The van der Waals surface area contributed by atoms with Crippen molar-refractivity contribution in [2.75, 3.05) is 12.3 Å². The summed E-state index contributed by atoms with van der Waals surface area (Å²) in [6, 6.07) is 1.81. The van der Waals surface area contributed by atoms with Crippen LogP contribution in [0.4, 0.5) is 5.82 Å². The van der Waals surface area contributed by atoms with Gasteiger partial charge in [0.25, 0.3) is 0 Å². The first kappa shape index (κ1) is 13.1. The van der Waals surface area contributed by atoms with Gasteiger partial charge in [0.1, 0.15) is 23.1 Å². The van der Waals surface area contributed by atoms with E-state index in [1.54, 1.807) is 18.4 Å². The van der Waals surface area contributed by atoms with Crippen molar-refractivity contribution in [1.29, 1.82) is 0 Å². The molecule has 0 aromatic carbocycles. The van der Waals surface area contributed by atoms with Gasteiger partial charge in [0.05, 0.1) is 13.2 Å². The number of carbonyl (C=O) groups is 1. The van der Waals surface area contributed by atoms with E-state index in [4.69, 9.17) is 15.0 Å². The normalized spacial score (nSPS) is 10.7. The minimum atomic E-state index is -0.516. The summed E-state index contributed by atoms with van der Waals surface area (Å²) in [5, 5.41) is 3.89. The smallest absolute Gasteiger partial charge is 0.360 e. The zero-order valence-electron chi connectivity index (χ0n) is 11.1. The Morgan fingerprint density at radius 1 is 1.53 bits per heavy atom. The third-order valence-corrected chi connectivity index (χ3v) is 2.66. The van der Waals surface area contributed by atoms with Crippen LogP contribution in [0.1, 0.15) is 34.7 Å². The highest BCUT2D eigenvalue weighted by molar-refractivity contribution is 5.92. The molecule has 2 aromatic heterocycles. The lowest BCUT2D eigenvalue weighted by molar-refractivity contribution is 0.0521. The van der Waals surface area contributed by atoms with Gasteiger partial charge in [-0.2, -0.15) is 0 Å². The van der Waals surface area contributed by atoms with Crippen LogP contribution in [0.25, 0.3) is 0 Å². The number of nitrogen functional groups attached to an aromatic ring is 1. The van der Waals surface area contributed by atoms with E-state index in [0.717, 1.165) is 11.5 Å². The lowest BCUT2D eigenvalue weighted by Gasteiger charge is -2.04. The molecule has 19 heavy (non-hydrogen) atoms. The standard InChI is InChI=1S/C12H16N4O3/c1-4-18-12(17)10-11(13)16(8(3)14-10)6-9-5-7(2)19-15-9/h5H,4,6,13H2,1-3H3. The predicted molar refractivity (Wildman–Crippen MR) is 67.7 cm³/mol. The molecule has 2 N–H and O–H groups in total. The maximum Gasteiger partial charge on any atom is 0.360 e. The highest BCUT2D eigenvalue weighted by atomic mass is 16.5. The molecule has 0 bridgehead atoms. The lowest BCUT2D eigenvalue weighted by Crippen LogP contribution is -2.10. The van der Waals surface area contributed by atoms with Crippen LogP contribution in [0, 0.1) is 13.8 Å². The van der Waals surface area contributed by atoms with Gasteiger partial charge in [-0.1, -0.05) is 5.16 Å². The molecule has 0 fully saturated rings. The van der Waals surface area contributed by atoms with Crippen molar-refractivity contribution in [3.63, 3.8) is 0 Å². The highest BCUT2D eigenvalue weighted by Crippen LogP contribution is 2.17. The van der Waals surface area contributed by atoms with Crippen LogP contribution in [0.5, 0.6) is 0 Å². The van der Waals surface area contributed by atoms with E-state index in [9.17, 15) is 4.79 Å². The lowest BCUT2D eigenvalue weighted by atomic mass is 10.3. The summed E-state index contributed by atoms with van der Waals surface area (Å²) in [4.78, 5) is 15.8. The van der Waals surface area contributed by atoms with Crippen molar-refractivity contribution in [2.45, 2.75) is 27.3 Å². The number of nitrogens with two attached hydrogens (primary N) is 1. The van der Waals surface area contributed by atoms with Crippen LogP contribution in [0.3, 0.4) is 0 Å². The van der Waals surface area contributed by atoms with Gasteiger partial charge in [0.15, 0.2) is 5.69 Å². The second-order valence-corrected chi connectivity index (χ2v) is 4.13. The number of nitrogens with zero attached hydrogens (tertiary/aromatic N) is 3. The van der Waals surface area contributed by atoms with Crippen LogP contribution < -0.4 is 5.73 Å². The Hall–Kier alpha value is -2.31. The van der Waals surface area contributed by atoms with E-state index in [0.29, 0.717) is 12.4 Å². The summed E-state index contributed by atoms with van der Waals surface area (Å²) in [5.74, 6) is 1.10. The molecule has 102 valence electrons. The van der Waals surface area contributed by atoms with Crippen molar-refractivity contribution in [3.05, 3.63) is 29.0 Å². The molecular weight excluding hydrogens is 248 g/mol. The van der Waals surface area contributed by atoms with Crippen LogP contribution in [0.2, 0.25) is 0 Å². The quantitative estimate of drug-likeness (QED) is 0.836. The number of ether oxygens (including phenoxy) is 1. The molecule has 0 saturated heterocycles. The summed E-state index contributed by atoms with van der Waals surface area (Å²) >= 11 is 0. The van der Waals surface area contributed by atoms with Crippen LogP contribution in [0.15, 0.2) is 10.6 Å². The Balaban J connectivity index is 2.29. The predicted octanol–water partition coefficient (Wildman–Crippen LogP) is 1.30. The minimum absolute atomic E-state index is 0.138. The van der Waals surface area contributed by atoms with Crippen LogP contribution in [-0.2, 0) is 11.3 Å². The zero-order valence-corrected chi connectivity index (χ0v) is 11.1. The van der Waals surface area contributed by atoms with Gasteiger partial charge in [-0.05, 0) is 20.8 Å². The molecular formula is C12H16N4O3. The summed E-state index contributed by atoms with van der Waals surface area (Å²) in [5.41, 5.74) is 6.79. The number of anilines is 1. The fraction of sp³-hybridized carbons (Fsp3) is 0.417. The fourth-order valence-corrected chi connectivity index (χ4v) is 1.79. The van der Waals surface area contributed by atoms with Crippen molar-refractivity contribution in [1.82, 2.24) is 14.7 Å². The SMILES string of the molecule is CCOC(=O)c1nc(C)n(Cc2cc(C)on2)c1N. The van der Waals surface area contributed by atoms with Crippen LogP contribution >= 0.6 is 0 Å². The Labute approximate surface area is 110 Å². The Bertz CT molecular complexity index is 600. The van der Waals surface area contributed by atoms with E-state index in [1.165, 1.54) is 0 Å². The molecule has 0 aliphatic rings. The first-order chi connectivity index (χ1) is 9.02. The van der Waals surface area contributed by atoms with Crippen molar-refractivity contribution in [3.8, 4) is 0 Å². The van der Waals surface area contributed by atoms with Crippen LogP contribution in [-0.4, -0.2) is 27.3 Å². The third kappa shape index (κ3) is 2.59. The molecule has 0 aliphatic carbocycles. The third-order valence-electron chi connectivity index (χ3n) is 2.66. The van der Waals surface area contributed by atoms with Gasteiger partial charge in [0.2, 0.25) is 0 Å². The molecule has 0 saturated carbocycles. The number of hydrogen-bond donors (Lipinski definition) is 1. The number of hydrogen-bond acceptors (Lipinski definition) is 6. The number of esters is 1. The van der Waals surface area contributed by atoms with E-state index >= 15 is 0 Å². The number of imidazole rings is 1. The number of aromatic nitrogens is 3. The summed E-state index contributed by atoms with van der Waals surface area (Å²) in [6.07, 6.45) is 0. The zero-order chi connectivity index (χ0) is 14.0. The van der Waals surface area contributed by atoms with Gasteiger partial charge >= 0.3 is 5.97 Å². The van der Waals surface area contributed by atoms with Gasteiger partial charge < -0.3 is 19.6 Å². The maximum atomic E-state index is 11.7. The van der Waals surface area contributed by atoms with Gasteiger partial charge in [-0.25, -0.2) is 9.78 Å². The van der Waals surface area contributed by atoms with E-state index in [1.807, 2.05) is 13.0 Å². The molecule has 0 radical (unpaired) electrons. The topological polar surface area (TPSA) is 96.2 Å². The average Bonchev–Trinajstić information content (AvgIpc) is 2.88. The minimum Gasteiger partial charge on any atom is -0.461 e. The van der Waals surface area contributed by atoms with Gasteiger partial charge in [-0.15, -0.1) is 0 Å². The number of rotatable bonds is 4. The van der Waals surface area contributed by atoms with Crippen molar-refractivity contribution < 1.29 is 14.1 Å². The van der Waals surface area contributed by atoms with E-state index in [2.05, 4.69) is 10.1 Å².